The first-order valence-electron chi connectivity index (χ1n) is 6.31. The van der Waals surface area contributed by atoms with Crippen molar-refractivity contribution in [1.82, 2.24) is 4.90 Å². The van der Waals surface area contributed by atoms with E-state index in [2.05, 4.69) is 17.3 Å². The summed E-state index contributed by atoms with van der Waals surface area (Å²) in [4.78, 5) is 14.0. The Morgan fingerprint density at radius 2 is 2.00 bits per heavy atom. The van der Waals surface area contributed by atoms with Gasteiger partial charge in [0.2, 0.25) is 5.91 Å². The van der Waals surface area contributed by atoms with E-state index in [0.717, 1.165) is 19.3 Å². The number of benzene rings is 1. The highest BCUT2D eigenvalue weighted by molar-refractivity contribution is 6.17. The Balaban J connectivity index is 1.67. The van der Waals surface area contributed by atoms with E-state index in [4.69, 9.17) is 5.21 Å². The Morgan fingerprint density at radius 1 is 1.28 bits per heavy atom. The molecule has 1 saturated carbocycles. The van der Waals surface area contributed by atoms with Gasteiger partial charge in [0.1, 0.15) is 0 Å². The van der Waals surface area contributed by atoms with Crippen molar-refractivity contribution >= 4 is 11.6 Å². The zero-order chi connectivity index (χ0) is 12.6. The summed E-state index contributed by atoms with van der Waals surface area (Å²) in [6.45, 7) is 1.19. The number of hydrogen-bond acceptors (Lipinski definition) is 3. The largest absolute Gasteiger partial charge is 0.411 e. The molecule has 4 heteroatoms. The monoisotopic (exact) mass is 244 g/mol. The molecule has 1 saturated heterocycles. The molecule has 94 valence electrons. The van der Waals surface area contributed by atoms with E-state index in [0.29, 0.717) is 18.8 Å². The van der Waals surface area contributed by atoms with Gasteiger partial charge in [0.15, 0.2) is 0 Å². The van der Waals surface area contributed by atoms with Crippen molar-refractivity contribution < 1.29 is 10.0 Å². The molecule has 1 aliphatic carbocycles. The quantitative estimate of drug-likeness (QED) is 0.649. The Labute approximate surface area is 106 Å². The van der Waals surface area contributed by atoms with Crippen LogP contribution in [0.1, 0.15) is 18.4 Å². The van der Waals surface area contributed by atoms with Gasteiger partial charge in [-0.2, -0.15) is 0 Å². The van der Waals surface area contributed by atoms with Crippen molar-refractivity contribution in [1.29, 1.82) is 0 Å². The summed E-state index contributed by atoms with van der Waals surface area (Å²) in [5, 5.41) is 12.3. The molecular weight excluding hydrogens is 228 g/mol. The second-order valence-corrected chi connectivity index (χ2v) is 5.09. The number of carbonyl (C=O) groups excluding carboxylic acids is 1. The molecule has 1 N–H and O–H groups in total. The summed E-state index contributed by atoms with van der Waals surface area (Å²) in [5.74, 6) is 0.145. The van der Waals surface area contributed by atoms with E-state index >= 15 is 0 Å². The third kappa shape index (κ3) is 1.68. The van der Waals surface area contributed by atoms with Crippen molar-refractivity contribution in [3.63, 3.8) is 0 Å². The van der Waals surface area contributed by atoms with Crippen LogP contribution in [0.5, 0.6) is 0 Å². The van der Waals surface area contributed by atoms with Crippen molar-refractivity contribution in [2.24, 2.45) is 10.6 Å². The van der Waals surface area contributed by atoms with E-state index in [1.54, 1.807) is 0 Å². The number of hydrogen-bond donors (Lipinski definition) is 1. The molecule has 4 nitrogen and oxygen atoms in total. The molecule has 1 amide bonds. The second-order valence-electron chi connectivity index (χ2n) is 5.09. The minimum absolute atomic E-state index is 0.145. The lowest BCUT2D eigenvalue weighted by molar-refractivity contribution is -0.131. The lowest BCUT2D eigenvalue weighted by Gasteiger charge is -2.15. The SMILES string of the molecule is O=C1N(CCc2ccccc2)CC(=NO)C12CC2. The number of amides is 1. The number of carbonyl (C=O) groups is 1. The third-order valence-corrected chi connectivity index (χ3v) is 3.97. The standard InChI is InChI=1S/C14H16N2O2/c17-13-14(7-8-14)12(15-18)10-16(13)9-6-11-4-2-1-3-5-11/h1-5,18H,6-10H2. The van der Waals surface area contributed by atoms with Crippen molar-refractivity contribution in [2.45, 2.75) is 19.3 Å². The Kier molecular flexibility index (Phi) is 2.58. The van der Waals surface area contributed by atoms with Crippen LogP contribution < -0.4 is 0 Å². The second kappa shape index (κ2) is 4.12. The van der Waals surface area contributed by atoms with E-state index in [1.807, 2.05) is 23.1 Å². The Morgan fingerprint density at radius 3 is 2.56 bits per heavy atom. The van der Waals surface area contributed by atoms with E-state index < -0.39 is 5.41 Å². The van der Waals surface area contributed by atoms with Crippen LogP contribution in [0.4, 0.5) is 0 Å². The fourth-order valence-electron chi connectivity index (χ4n) is 2.67. The minimum Gasteiger partial charge on any atom is -0.411 e. The van der Waals surface area contributed by atoms with Crippen LogP contribution in [0.2, 0.25) is 0 Å². The van der Waals surface area contributed by atoms with Crippen molar-refractivity contribution in [3.05, 3.63) is 35.9 Å². The molecule has 1 aliphatic heterocycles. The fourth-order valence-corrected chi connectivity index (χ4v) is 2.67. The van der Waals surface area contributed by atoms with Gasteiger partial charge in [-0.05, 0) is 24.8 Å². The Hall–Kier alpha value is -1.84. The average Bonchev–Trinajstić information content (AvgIpc) is 3.16. The Bertz CT molecular complexity index is 492. The third-order valence-electron chi connectivity index (χ3n) is 3.97. The molecule has 0 atom stereocenters. The first kappa shape index (κ1) is 11.3. The van der Waals surface area contributed by atoms with Crippen molar-refractivity contribution in [2.75, 3.05) is 13.1 Å². The van der Waals surface area contributed by atoms with Gasteiger partial charge in [0.05, 0.1) is 17.7 Å². The molecule has 1 heterocycles. The number of rotatable bonds is 3. The first-order valence-corrected chi connectivity index (χ1v) is 6.31. The van der Waals surface area contributed by atoms with Gasteiger partial charge in [0.25, 0.3) is 0 Å². The van der Waals surface area contributed by atoms with E-state index in [1.165, 1.54) is 5.56 Å². The first-order chi connectivity index (χ1) is 8.76. The van der Waals surface area contributed by atoms with Gasteiger partial charge < -0.3 is 10.1 Å². The molecule has 0 aromatic heterocycles. The molecular formula is C14H16N2O2. The summed E-state index contributed by atoms with van der Waals surface area (Å²) >= 11 is 0. The molecule has 0 bridgehead atoms. The van der Waals surface area contributed by atoms with Gasteiger partial charge >= 0.3 is 0 Å². The highest BCUT2D eigenvalue weighted by atomic mass is 16.4. The number of likely N-dealkylation sites (tertiary alicyclic amines) is 1. The predicted molar refractivity (Wildman–Crippen MR) is 67.6 cm³/mol. The minimum atomic E-state index is -0.425. The molecule has 1 spiro atoms. The summed E-state index contributed by atoms with van der Waals surface area (Å²) in [6.07, 6.45) is 2.53. The van der Waals surface area contributed by atoms with E-state index in [-0.39, 0.29) is 5.91 Å². The maximum Gasteiger partial charge on any atom is 0.235 e. The topological polar surface area (TPSA) is 52.9 Å². The fraction of sp³-hybridized carbons (Fsp3) is 0.429. The molecule has 2 fully saturated rings. The smallest absolute Gasteiger partial charge is 0.235 e. The summed E-state index contributed by atoms with van der Waals surface area (Å²) < 4.78 is 0. The van der Waals surface area contributed by atoms with Crippen LogP contribution in [0, 0.1) is 5.41 Å². The van der Waals surface area contributed by atoms with Crippen LogP contribution in [-0.2, 0) is 11.2 Å². The molecule has 0 unspecified atom stereocenters. The predicted octanol–water partition coefficient (Wildman–Crippen LogP) is 1.68. The van der Waals surface area contributed by atoms with Gasteiger partial charge in [0, 0.05) is 6.54 Å². The van der Waals surface area contributed by atoms with Gasteiger partial charge in [-0.25, -0.2) is 0 Å². The maximum absolute atomic E-state index is 12.2. The van der Waals surface area contributed by atoms with Crippen LogP contribution in [0.3, 0.4) is 0 Å². The van der Waals surface area contributed by atoms with Crippen LogP contribution in [0.25, 0.3) is 0 Å². The summed E-state index contributed by atoms with van der Waals surface area (Å²) in [6, 6.07) is 10.1. The summed E-state index contributed by atoms with van der Waals surface area (Å²) in [5.41, 5.74) is 1.45. The van der Waals surface area contributed by atoms with Crippen LogP contribution in [0.15, 0.2) is 35.5 Å². The lowest BCUT2D eigenvalue weighted by atomic mass is 10.0. The summed E-state index contributed by atoms with van der Waals surface area (Å²) in [7, 11) is 0. The molecule has 2 aliphatic rings. The number of nitrogens with zero attached hydrogens (tertiary/aromatic N) is 2. The highest BCUT2D eigenvalue weighted by Crippen LogP contribution is 2.51. The van der Waals surface area contributed by atoms with E-state index in [9.17, 15) is 4.79 Å². The maximum atomic E-state index is 12.2. The number of oxime groups is 1. The molecule has 1 aromatic carbocycles. The van der Waals surface area contributed by atoms with Gasteiger partial charge in [-0.15, -0.1) is 0 Å². The molecule has 18 heavy (non-hydrogen) atoms. The molecule has 0 radical (unpaired) electrons. The van der Waals surface area contributed by atoms with Crippen molar-refractivity contribution in [3.8, 4) is 0 Å². The van der Waals surface area contributed by atoms with Crippen LogP contribution in [-0.4, -0.2) is 34.8 Å². The van der Waals surface area contributed by atoms with Crippen LogP contribution >= 0.6 is 0 Å². The molecule has 3 rings (SSSR count). The van der Waals surface area contributed by atoms with Gasteiger partial charge in [-0.3, -0.25) is 4.79 Å². The molecule has 1 aromatic rings. The zero-order valence-electron chi connectivity index (χ0n) is 10.2. The normalized spacial score (nSPS) is 23.0. The average molecular weight is 244 g/mol. The van der Waals surface area contributed by atoms with Gasteiger partial charge in [-0.1, -0.05) is 35.5 Å². The lowest BCUT2D eigenvalue weighted by Crippen LogP contribution is -2.29. The zero-order valence-corrected chi connectivity index (χ0v) is 10.2. The highest BCUT2D eigenvalue weighted by Gasteiger charge is 2.60.